The van der Waals surface area contributed by atoms with Gasteiger partial charge in [0.25, 0.3) is 0 Å². The third kappa shape index (κ3) is 9.74. The zero-order chi connectivity index (χ0) is 38.3. The molecule has 0 aromatic rings. The monoisotopic (exact) mass is 730 g/mol. The van der Waals surface area contributed by atoms with Crippen molar-refractivity contribution in [1.29, 1.82) is 0 Å². The summed E-state index contributed by atoms with van der Waals surface area (Å²) in [7, 11) is -0.687. The number of carbonyl (C=O) groups excluding carboxylic acids is 1. The van der Waals surface area contributed by atoms with Crippen LogP contribution in [0.1, 0.15) is 114 Å². The molecule has 0 saturated heterocycles. The topological polar surface area (TPSA) is 68.2 Å². The summed E-state index contributed by atoms with van der Waals surface area (Å²) >= 11 is 0. The van der Waals surface area contributed by atoms with Crippen LogP contribution in [0.15, 0.2) is 47.6 Å². The third-order valence-electron chi connectivity index (χ3n) is 13.4. The van der Waals surface area contributed by atoms with Gasteiger partial charge in [0.1, 0.15) is 11.7 Å². The Morgan fingerprint density at radius 1 is 0.960 bits per heavy atom. The Morgan fingerprint density at radius 3 is 2.10 bits per heavy atom. The first-order chi connectivity index (χ1) is 22.6. The molecule has 0 aromatic carbocycles. The highest BCUT2D eigenvalue weighted by atomic mass is 28.4. The second-order valence-electron chi connectivity index (χ2n) is 19.9. The summed E-state index contributed by atoms with van der Waals surface area (Å²) in [5.41, 5.74) is 3.20. The van der Waals surface area contributed by atoms with Crippen LogP contribution in [0, 0.1) is 23.2 Å². The first-order valence-electron chi connectivity index (χ1n) is 19.3. The van der Waals surface area contributed by atoms with Crippen molar-refractivity contribution in [2.45, 2.75) is 174 Å². The molecule has 0 unspecified atom stereocenters. The van der Waals surface area contributed by atoms with Crippen molar-refractivity contribution in [2.24, 2.45) is 23.2 Å². The number of hydrogen-bond acceptors (Lipinski definition) is 5. The number of allylic oxidation sites excluding steroid dienone is 4. The lowest BCUT2D eigenvalue weighted by atomic mass is 9.61. The van der Waals surface area contributed by atoms with E-state index in [0.29, 0.717) is 17.8 Å². The average molecular weight is 730 g/mol. The van der Waals surface area contributed by atoms with Crippen molar-refractivity contribution in [3.8, 4) is 0 Å². The van der Waals surface area contributed by atoms with Gasteiger partial charge in [0.05, 0.1) is 12.2 Å². The second kappa shape index (κ2) is 15.5. The Kier molecular flexibility index (Phi) is 13.3. The lowest BCUT2D eigenvalue weighted by molar-refractivity contribution is -0.0457. The van der Waals surface area contributed by atoms with Gasteiger partial charge in [-0.25, -0.2) is 4.79 Å². The van der Waals surface area contributed by atoms with Crippen molar-refractivity contribution < 1.29 is 23.5 Å². The van der Waals surface area contributed by atoms with Crippen LogP contribution in [0.25, 0.3) is 0 Å². The maximum Gasteiger partial charge on any atom is 0.409 e. The largest absolute Gasteiger partial charge is 0.440 e. The van der Waals surface area contributed by atoms with Crippen LogP contribution in [0.5, 0.6) is 0 Å². The van der Waals surface area contributed by atoms with Gasteiger partial charge in [0.15, 0.2) is 16.6 Å². The molecule has 6 nitrogen and oxygen atoms in total. The number of nitrogens with zero attached hydrogens (tertiary/aromatic N) is 1. The standard InChI is InChI=1S/C42H75NO5Si2/c1-29(20-25-37(44)41(9,10)46-38(45)43(12)13)34-23-24-35-31(19-18-26-42(34,35)11)21-22-32-27-33(47-49(14,15)39(3,4)5)28-36(30(32)2)48-50(16,17)40(6,7)8/h20-22,25,29,33-37,44H,2,18-19,23-24,26-28H2,1,3-17H3/b25-20+,31-21+,32-22+/t29-,33-,34-,35+,36+,37-,42-/m1/s1. The van der Waals surface area contributed by atoms with Crippen LogP contribution >= 0.6 is 0 Å². The van der Waals surface area contributed by atoms with Gasteiger partial charge in [-0.2, -0.15) is 0 Å². The van der Waals surface area contributed by atoms with Gasteiger partial charge < -0.3 is 23.6 Å². The molecule has 286 valence electrons. The Morgan fingerprint density at radius 2 is 1.54 bits per heavy atom. The summed E-state index contributed by atoms with van der Waals surface area (Å²) < 4.78 is 19.7. The molecule has 8 heteroatoms. The van der Waals surface area contributed by atoms with Crippen LogP contribution in [0.4, 0.5) is 4.79 Å². The van der Waals surface area contributed by atoms with Gasteiger partial charge in [-0.05, 0) is 123 Å². The van der Waals surface area contributed by atoms with Crippen LogP contribution in [-0.2, 0) is 13.6 Å². The van der Waals surface area contributed by atoms with E-state index in [0.717, 1.165) is 24.8 Å². The van der Waals surface area contributed by atoms with Crippen molar-refractivity contribution >= 4 is 22.7 Å². The molecule has 3 saturated carbocycles. The third-order valence-corrected chi connectivity index (χ3v) is 22.5. The van der Waals surface area contributed by atoms with E-state index in [9.17, 15) is 9.90 Å². The van der Waals surface area contributed by atoms with E-state index < -0.39 is 34.4 Å². The number of amides is 1. The Hall–Kier alpha value is -1.46. The summed E-state index contributed by atoms with van der Waals surface area (Å²) in [6.07, 6.45) is 15.3. The predicted molar refractivity (Wildman–Crippen MR) is 215 cm³/mol. The highest BCUT2D eigenvalue weighted by molar-refractivity contribution is 6.74. The predicted octanol–water partition coefficient (Wildman–Crippen LogP) is 11.2. The fourth-order valence-electron chi connectivity index (χ4n) is 7.93. The van der Waals surface area contributed by atoms with Gasteiger partial charge in [0.2, 0.25) is 0 Å². The summed E-state index contributed by atoms with van der Waals surface area (Å²) in [5, 5.41) is 11.2. The number of ether oxygens (including phenoxy) is 1. The van der Waals surface area contributed by atoms with E-state index in [4.69, 9.17) is 13.6 Å². The molecule has 50 heavy (non-hydrogen) atoms. The molecule has 0 heterocycles. The maximum absolute atomic E-state index is 12.2. The smallest absolute Gasteiger partial charge is 0.409 e. The normalized spacial score (nSPS) is 30.1. The number of fused-ring (bicyclic) bond motifs is 1. The zero-order valence-electron chi connectivity index (χ0n) is 35.0. The molecule has 0 aliphatic heterocycles. The molecule has 3 aliphatic carbocycles. The molecule has 0 spiro atoms. The first-order valence-corrected chi connectivity index (χ1v) is 25.2. The molecule has 7 atom stereocenters. The first kappa shape index (κ1) is 43.0. The van der Waals surface area contributed by atoms with Gasteiger partial charge in [0, 0.05) is 20.5 Å². The molecule has 1 N–H and O–H groups in total. The second-order valence-corrected chi connectivity index (χ2v) is 29.4. The van der Waals surface area contributed by atoms with Crippen LogP contribution in [0.2, 0.25) is 36.3 Å². The Balaban J connectivity index is 1.86. The lowest BCUT2D eigenvalue weighted by Gasteiger charge is -2.45. The minimum absolute atomic E-state index is 0.0177. The SMILES string of the molecule is C=C1/C(=C/C=C2\CCC[C@]3(C)[C@@H]([C@H](C)/C=C/[C@@H](O)C(C)(C)OC(=O)N(C)C)CC[C@@H]23)C[C@@H](O[Si](C)(C)C(C)(C)C)C[C@@H]1O[Si](C)(C)C(C)(C)C. The molecule has 0 radical (unpaired) electrons. The zero-order valence-corrected chi connectivity index (χ0v) is 37.0. The summed E-state index contributed by atoms with van der Waals surface area (Å²) in [5.74, 6) is 1.37. The highest BCUT2D eigenvalue weighted by Crippen LogP contribution is 2.59. The molecule has 0 bridgehead atoms. The van der Waals surface area contributed by atoms with E-state index >= 15 is 0 Å². The van der Waals surface area contributed by atoms with Crippen molar-refractivity contribution in [1.82, 2.24) is 4.90 Å². The molecule has 0 aromatic heterocycles. The van der Waals surface area contributed by atoms with Gasteiger partial charge in [-0.15, -0.1) is 0 Å². The lowest BCUT2D eigenvalue weighted by Crippen LogP contribution is -2.49. The molecule has 3 aliphatic rings. The minimum atomic E-state index is -2.02. The van der Waals surface area contributed by atoms with Gasteiger partial charge >= 0.3 is 6.09 Å². The fourth-order valence-corrected chi connectivity index (χ4v) is 10.6. The van der Waals surface area contributed by atoms with Crippen LogP contribution in [0.3, 0.4) is 0 Å². The average Bonchev–Trinajstić information content (AvgIpc) is 3.32. The molecule has 3 fully saturated rings. The van der Waals surface area contributed by atoms with Crippen molar-refractivity contribution in [3.05, 3.63) is 47.6 Å². The van der Waals surface area contributed by atoms with E-state index in [1.807, 2.05) is 6.08 Å². The summed E-state index contributed by atoms with van der Waals surface area (Å²) in [6, 6.07) is 0. The quantitative estimate of drug-likeness (QED) is 0.179. The molecule has 1 amide bonds. The summed E-state index contributed by atoms with van der Waals surface area (Å²) in [6.45, 7) is 36.3. The molecule has 3 rings (SSSR count). The Labute approximate surface area is 309 Å². The molecular formula is C42H75NO5Si2. The van der Waals surface area contributed by atoms with Gasteiger partial charge in [-0.1, -0.05) is 91.8 Å². The van der Waals surface area contributed by atoms with Crippen LogP contribution < -0.4 is 0 Å². The van der Waals surface area contributed by atoms with Gasteiger partial charge in [-0.3, -0.25) is 0 Å². The number of aliphatic hydroxyl groups is 1. The van der Waals surface area contributed by atoms with E-state index in [1.54, 1.807) is 33.5 Å². The minimum Gasteiger partial charge on any atom is -0.440 e. The van der Waals surface area contributed by atoms with E-state index in [2.05, 4.69) is 106 Å². The number of aliphatic hydroxyl groups excluding tert-OH is 1. The summed E-state index contributed by atoms with van der Waals surface area (Å²) in [4.78, 5) is 13.6. The number of hydrogen-bond donors (Lipinski definition) is 1. The van der Waals surface area contributed by atoms with E-state index in [1.165, 1.54) is 36.2 Å². The van der Waals surface area contributed by atoms with Crippen molar-refractivity contribution in [3.63, 3.8) is 0 Å². The number of carbonyl (C=O) groups is 1. The fraction of sp³-hybridized carbons (Fsp3) is 0.786. The highest BCUT2D eigenvalue weighted by Gasteiger charge is 2.50. The van der Waals surface area contributed by atoms with Crippen molar-refractivity contribution in [2.75, 3.05) is 14.1 Å². The maximum atomic E-state index is 12.2. The van der Waals surface area contributed by atoms with E-state index in [-0.39, 0.29) is 27.7 Å². The molecular weight excluding hydrogens is 655 g/mol. The number of rotatable bonds is 10. The Bertz CT molecular complexity index is 1310. The van der Waals surface area contributed by atoms with Crippen LogP contribution in [-0.4, -0.2) is 70.7 Å².